The highest BCUT2D eigenvalue weighted by Crippen LogP contribution is 2.23. The third-order valence-corrected chi connectivity index (χ3v) is 8.41. The van der Waals surface area contributed by atoms with E-state index in [1.807, 2.05) is 36.1 Å². The number of thiophene rings is 1. The number of nitrogens with zero attached hydrogens (tertiary/aromatic N) is 2. The number of sulfonamides is 1. The maximum absolute atomic E-state index is 12.6. The Morgan fingerprint density at radius 3 is 2.21 bits per heavy atom. The Balaban J connectivity index is 1.56. The molecule has 0 saturated carbocycles. The lowest BCUT2D eigenvalue weighted by molar-refractivity contribution is -0.121. The van der Waals surface area contributed by atoms with Crippen molar-refractivity contribution in [2.45, 2.75) is 36.9 Å². The minimum Gasteiger partial charge on any atom is -0.325 e. The van der Waals surface area contributed by atoms with Crippen molar-refractivity contribution in [3.8, 4) is 0 Å². The highest BCUT2D eigenvalue weighted by Gasteiger charge is 2.32. The summed E-state index contributed by atoms with van der Waals surface area (Å²) in [6.45, 7) is 7.97. The summed E-state index contributed by atoms with van der Waals surface area (Å²) in [5, 5.41) is 4.73. The topological polar surface area (TPSA) is 69.7 Å². The van der Waals surface area contributed by atoms with Gasteiger partial charge in [-0.2, -0.15) is 4.31 Å². The van der Waals surface area contributed by atoms with Crippen molar-refractivity contribution < 1.29 is 13.2 Å². The molecule has 1 fully saturated rings. The molecule has 2 aromatic rings. The van der Waals surface area contributed by atoms with E-state index in [2.05, 4.69) is 19.2 Å². The Morgan fingerprint density at radius 1 is 1.04 bits per heavy atom. The summed E-state index contributed by atoms with van der Waals surface area (Å²) < 4.78 is 27.1. The molecule has 8 heteroatoms. The lowest BCUT2D eigenvalue weighted by atomic mass is 10.0. The van der Waals surface area contributed by atoms with E-state index in [-0.39, 0.29) is 11.9 Å². The van der Waals surface area contributed by atoms with Crippen molar-refractivity contribution >= 4 is 33.0 Å². The fourth-order valence-corrected chi connectivity index (χ4v) is 5.80. The van der Waals surface area contributed by atoms with Gasteiger partial charge in [0.1, 0.15) is 4.21 Å². The van der Waals surface area contributed by atoms with Gasteiger partial charge in [-0.3, -0.25) is 9.69 Å². The standard InChI is InChI=1S/C20H27N3O3S2/c1-15(2)17-6-8-18(9-7-17)21-20(24)16(3)22-10-12-23(13-11-22)28(25,26)19-5-4-14-27-19/h4-9,14-16H,10-13H2,1-3H3,(H,21,24)/t16-/m0/s1. The summed E-state index contributed by atoms with van der Waals surface area (Å²) in [4.78, 5) is 14.6. The number of amides is 1. The highest BCUT2D eigenvalue weighted by molar-refractivity contribution is 7.91. The van der Waals surface area contributed by atoms with E-state index in [1.54, 1.807) is 17.5 Å². The van der Waals surface area contributed by atoms with E-state index in [1.165, 1.54) is 21.2 Å². The molecule has 6 nitrogen and oxygen atoms in total. The quantitative estimate of drug-likeness (QED) is 0.778. The Hall–Kier alpha value is -1.74. The van der Waals surface area contributed by atoms with Gasteiger partial charge in [-0.25, -0.2) is 8.42 Å². The summed E-state index contributed by atoms with van der Waals surface area (Å²) >= 11 is 1.23. The normalized spacial score (nSPS) is 17.6. The zero-order valence-corrected chi connectivity index (χ0v) is 18.1. The summed E-state index contributed by atoms with van der Waals surface area (Å²) in [6.07, 6.45) is 0. The molecule has 1 atom stereocenters. The minimum atomic E-state index is -3.42. The van der Waals surface area contributed by atoms with Crippen LogP contribution in [0.25, 0.3) is 0 Å². The molecule has 3 rings (SSSR count). The van der Waals surface area contributed by atoms with Crippen molar-refractivity contribution in [2.75, 3.05) is 31.5 Å². The largest absolute Gasteiger partial charge is 0.325 e. The number of anilines is 1. The van der Waals surface area contributed by atoms with E-state index < -0.39 is 10.0 Å². The Labute approximate surface area is 171 Å². The zero-order chi connectivity index (χ0) is 20.3. The first-order valence-electron chi connectivity index (χ1n) is 9.47. The van der Waals surface area contributed by atoms with Crippen LogP contribution in [0, 0.1) is 0 Å². The van der Waals surface area contributed by atoms with Gasteiger partial charge in [-0.05, 0) is 42.0 Å². The monoisotopic (exact) mass is 421 g/mol. The molecule has 1 aliphatic rings. The first-order valence-corrected chi connectivity index (χ1v) is 11.8. The summed E-state index contributed by atoms with van der Waals surface area (Å²) in [7, 11) is -3.42. The summed E-state index contributed by atoms with van der Waals surface area (Å²) in [5.74, 6) is 0.372. The summed E-state index contributed by atoms with van der Waals surface area (Å²) in [6, 6.07) is 11.0. The number of nitrogens with one attached hydrogen (secondary N) is 1. The van der Waals surface area contributed by atoms with Crippen LogP contribution in [0.1, 0.15) is 32.3 Å². The van der Waals surface area contributed by atoms with Crippen LogP contribution in [0.3, 0.4) is 0 Å². The minimum absolute atomic E-state index is 0.0770. The van der Waals surface area contributed by atoms with E-state index in [9.17, 15) is 13.2 Å². The average molecular weight is 422 g/mol. The van der Waals surface area contributed by atoms with Crippen LogP contribution < -0.4 is 5.32 Å². The molecular formula is C20H27N3O3S2. The predicted octanol–water partition coefficient (Wildman–Crippen LogP) is 3.21. The molecule has 1 aliphatic heterocycles. The van der Waals surface area contributed by atoms with Gasteiger partial charge in [0.2, 0.25) is 5.91 Å². The zero-order valence-electron chi connectivity index (χ0n) is 16.5. The number of benzene rings is 1. The van der Waals surface area contributed by atoms with Gasteiger partial charge in [0.05, 0.1) is 6.04 Å². The van der Waals surface area contributed by atoms with Crippen molar-refractivity contribution in [2.24, 2.45) is 0 Å². The van der Waals surface area contributed by atoms with E-state index >= 15 is 0 Å². The number of hydrogen-bond acceptors (Lipinski definition) is 5. The third kappa shape index (κ3) is 4.63. The number of piperazine rings is 1. The molecule has 1 aromatic heterocycles. The van der Waals surface area contributed by atoms with E-state index in [4.69, 9.17) is 0 Å². The Kier molecular flexibility index (Phi) is 6.54. The lowest BCUT2D eigenvalue weighted by Gasteiger charge is -2.36. The third-order valence-electron chi connectivity index (χ3n) is 5.13. The number of carbonyl (C=O) groups excluding carboxylic acids is 1. The van der Waals surface area contributed by atoms with Gasteiger partial charge in [0.25, 0.3) is 10.0 Å². The van der Waals surface area contributed by atoms with Gasteiger partial charge in [-0.1, -0.05) is 32.0 Å². The number of rotatable bonds is 6. The van der Waals surface area contributed by atoms with Crippen LogP contribution >= 0.6 is 11.3 Å². The molecule has 0 bridgehead atoms. The molecule has 1 saturated heterocycles. The lowest BCUT2D eigenvalue weighted by Crippen LogP contribution is -2.53. The molecule has 0 spiro atoms. The SMILES string of the molecule is CC(C)c1ccc(NC(=O)[C@H](C)N2CCN(S(=O)(=O)c3cccs3)CC2)cc1. The van der Waals surface area contributed by atoms with Crippen LogP contribution in [-0.2, 0) is 14.8 Å². The molecule has 0 radical (unpaired) electrons. The molecule has 1 amide bonds. The molecule has 0 unspecified atom stereocenters. The van der Waals surface area contributed by atoms with Crippen molar-refractivity contribution in [3.63, 3.8) is 0 Å². The average Bonchev–Trinajstić information content (AvgIpc) is 3.23. The molecule has 152 valence electrons. The molecule has 1 aromatic carbocycles. The highest BCUT2D eigenvalue weighted by atomic mass is 32.2. The fraction of sp³-hybridized carbons (Fsp3) is 0.450. The smallest absolute Gasteiger partial charge is 0.252 e. The van der Waals surface area contributed by atoms with Gasteiger partial charge in [-0.15, -0.1) is 11.3 Å². The van der Waals surface area contributed by atoms with E-state index in [0.717, 1.165) is 5.69 Å². The fourth-order valence-electron chi connectivity index (χ4n) is 3.23. The van der Waals surface area contributed by atoms with Gasteiger partial charge < -0.3 is 5.32 Å². The second-order valence-corrected chi connectivity index (χ2v) is 10.4. The van der Waals surface area contributed by atoms with Gasteiger partial charge >= 0.3 is 0 Å². The Morgan fingerprint density at radius 2 is 1.68 bits per heavy atom. The summed E-state index contributed by atoms with van der Waals surface area (Å²) in [5.41, 5.74) is 2.01. The van der Waals surface area contributed by atoms with Crippen LogP contribution in [0.5, 0.6) is 0 Å². The van der Waals surface area contributed by atoms with Gasteiger partial charge in [0, 0.05) is 31.9 Å². The van der Waals surface area contributed by atoms with Crippen LogP contribution in [0.4, 0.5) is 5.69 Å². The van der Waals surface area contributed by atoms with Gasteiger partial charge in [0.15, 0.2) is 0 Å². The second kappa shape index (κ2) is 8.73. The molecule has 0 aliphatic carbocycles. The maximum Gasteiger partial charge on any atom is 0.252 e. The van der Waals surface area contributed by atoms with E-state index in [0.29, 0.717) is 36.3 Å². The Bertz CT molecular complexity index is 885. The molecule has 28 heavy (non-hydrogen) atoms. The van der Waals surface area contributed by atoms with Crippen LogP contribution in [0.2, 0.25) is 0 Å². The molecule has 2 heterocycles. The second-order valence-electron chi connectivity index (χ2n) is 7.31. The number of hydrogen-bond donors (Lipinski definition) is 1. The predicted molar refractivity (Wildman–Crippen MR) is 113 cm³/mol. The first kappa shape index (κ1) is 21.0. The van der Waals surface area contributed by atoms with Crippen LogP contribution in [0.15, 0.2) is 46.0 Å². The van der Waals surface area contributed by atoms with Crippen molar-refractivity contribution in [1.82, 2.24) is 9.21 Å². The molecule has 1 N–H and O–H groups in total. The van der Waals surface area contributed by atoms with Crippen molar-refractivity contribution in [3.05, 3.63) is 47.3 Å². The maximum atomic E-state index is 12.6. The first-order chi connectivity index (χ1) is 13.3. The van der Waals surface area contributed by atoms with Crippen LogP contribution in [-0.4, -0.2) is 55.8 Å². The number of carbonyl (C=O) groups is 1. The molecular weight excluding hydrogens is 394 g/mol. The van der Waals surface area contributed by atoms with Crippen molar-refractivity contribution in [1.29, 1.82) is 0 Å².